The molecule has 0 atom stereocenters. The van der Waals surface area contributed by atoms with E-state index in [1.807, 2.05) is 25.9 Å². The SMILES string of the molecule is CCCn1ncc(OC)c1C(=O)CN(C)C. The molecule has 1 rings (SSSR count). The molecule has 1 heterocycles. The van der Waals surface area contributed by atoms with Crippen LogP contribution in [0.4, 0.5) is 0 Å². The van der Waals surface area contributed by atoms with Crippen LogP contribution < -0.4 is 4.74 Å². The van der Waals surface area contributed by atoms with Crippen LogP contribution in [0.2, 0.25) is 0 Å². The van der Waals surface area contributed by atoms with Crippen molar-refractivity contribution in [2.24, 2.45) is 0 Å². The van der Waals surface area contributed by atoms with Gasteiger partial charge in [0.2, 0.25) is 0 Å². The van der Waals surface area contributed by atoms with Gasteiger partial charge in [-0.1, -0.05) is 6.92 Å². The van der Waals surface area contributed by atoms with Gasteiger partial charge in [0.15, 0.2) is 11.5 Å². The number of carbonyl (C=O) groups is 1. The number of methoxy groups -OCH3 is 1. The standard InChI is InChI=1S/C11H19N3O2/c1-5-6-14-11(9(15)8-13(2)3)10(16-4)7-12-14/h7H,5-6,8H2,1-4H3. The molecule has 1 aromatic heterocycles. The van der Waals surface area contributed by atoms with Crippen molar-refractivity contribution in [3.05, 3.63) is 11.9 Å². The lowest BCUT2D eigenvalue weighted by Gasteiger charge is -2.11. The van der Waals surface area contributed by atoms with Gasteiger partial charge in [0.25, 0.3) is 0 Å². The molecule has 0 spiro atoms. The summed E-state index contributed by atoms with van der Waals surface area (Å²) in [6.45, 7) is 3.15. The molecule has 0 bridgehead atoms. The molecule has 0 aliphatic heterocycles. The van der Waals surface area contributed by atoms with Crippen LogP contribution >= 0.6 is 0 Å². The van der Waals surface area contributed by atoms with Crippen molar-refractivity contribution in [1.29, 1.82) is 0 Å². The summed E-state index contributed by atoms with van der Waals surface area (Å²) in [6.07, 6.45) is 2.53. The van der Waals surface area contributed by atoms with Gasteiger partial charge >= 0.3 is 0 Å². The summed E-state index contributed by atoms with van der Waals surface area (Å²) in [4.78, 5) is 13.8. The van der Waals surface area contributed by atoms with Crippen LogP contribution in [0.25, 0.3) is 0 Å². The Bertz CT molecular complexity index is 358. The molecule has 0 saturated carbocycles. The predicted molar refractivity (Wildman–Crippen MR) is 62.0 cm³/mol. The number of ether oxygens (including phenoxy) is 1. The minimum atomic E-state index is 0.0350. The molecule has 16 heavy (non-hydrogen) atoms. The lowest BCUT2D eigenvalue weighted by molar-refractivity contribution is 0.0944. The Kier molecular flexibility index (Phi) is 4.49. The van der Waals surface area contributed by atoms with Crippen molar-refractivity contribution >= 4 is 5.78 Å². The van der Waals surface area contributed by atoms with Gasteiger partial charge in [-0.3, -0.25) is 9.48 Å². The summed E-state index contributed by atoms with van der Waals surface area (Å²) in [5.74, 6) is 0.591. The molecular weight excluding hydrogens is 206 g/mol. The van der Waals surface area contributed by atoms with E-state index in [-0.39, 0.29) is 5.78 Å². The number of aryl methyl sites for hydroxylation is 1. The Balaban J connectivity index is 2.97. The average Bonchev–Trinajstić information content (AvgIpc) is 2.60. The minimum absolute atomic E-state index is 0.0350. The summed E-state index contributed by atoms with van der Waals surface area (Å²) in [5, 5.41) is 4.16. The fraction of sp³-hybridized carbons (Fsp3) is 0.636. The number of hydrogen-bond donors (Lipinski definition) is 0. The Morgan fingerprint density at radius 1 is 1.56 bits per heavy atom. The van der Waals surface area contributed by atoms with E-state index in [9.17, 15) is 4.79 Å². The van der Waals surface area contributed by atoms with Gasteiger partial charge in [-0.2, -0.15) is 5.10 Å². The molecule has 0 saturated heterocycles. The zero-order valence-electron chi connectivity index (χ0n) is 10.4. The van der Waals surface area contributed by atoms with Gasteiger partial charge in [-0.15, -0.1) is 0 Å². The summed E-state index contributed by atoms with van der Waals surface area (Å²) in [5.41, 5.74) is 0.568. The van der Waals surface area contributed by atoms with E-state index in [0.717, 1.165) is 13.0 Å². The highest BCUT2D eigenvalue weighted by molar-refractivity contribution is 5.98. The Hall–Kier alpha value is -1.36. The van der Waals surface area contributed by atoms with E-state index in [2.05, 4.69) is 5.10 Å². The maximum absolute atomic E-state index is 12.0. The molecule has 90 valence electrons. The summed E-state index contributed by atoms with van der Waals surface area (Å²) >= 11 is 0. The second-order valence-corrected chi connectivity index (χ2v) is 3.95. The molecule has 1 aromatic rings. The first-order valence-corrected chi connectivity index (χ1v) is 5.37. The van der Waals surface area contributed by atoms with Crippen LogP contribution in [-0.4, -0.2) is 48.2 Å². The average molecular weight is 225 g/mol. The Morgan fingerprint density at radius 3 is 2.75 bits per heavy atom. The number of ketones is 1. The minimum Gasteiger partial charge on any atom is -0.493 e. The van der Waals surface area contributed by atoms with Crippen LogP contribution in [-0.2, 0) is 6.54 Å². The third-order valence-electron chi connectivity index (χ3n) is 2.19. The van der Waals surface area contributed by atoms with E-state index in [1.54, 1.807) is 18.0 Å². The van der Waals surface area contributed by atoms with Gasteiger partial charge < -0.3 is 9.64 Å². The summed E-state index contributed by atoms with van der Waals surface area (Å²) < 4.78 is 6.87. The third kappa shape index (κ3) is 2.82. The molecule has 0 aliphatic rings. The molecule has 0 aromatic carbocycles. The molecule has 5 heteroatoms. The lowest BCUT2D eigenvalue weighted by Crippen LogP contribution is -2.24. The number of nitrogens with zero attached hydrogens (tertiary/aromatic N) is 3. The van der Waals surface area contributed by atoms with Gasteiger partial charge in [0.05, 0.1) is 19.9 Å². The van der Waals surface area contributed by atoms with Crippen LogP contribution in [0.15, 0.2) is 6.20 Å². The van der Waals surface area contributed by atoms with Crippen molar-refractivity contribution in [3.63, 3.8) is 0 Å². The first-order valence-electron chi connectivity index (χ1n) is 5.37. The number of hydrogen-bond acceptors (Lipinski definition) is 4. The number of likely N-dealkylation sites (N-methyl/N-ethyl adjacent to an activating group) is 1. The summed E-state index contributed by atoms with van der Waals surface area (Å²) in [7, 11) is 5.29. The van der Waals surface area contributed by atoms with E-state index >= 15 is 0 Å². The third-order valence-corrected chi connectivity index (χ3v) is 2.19. The van der Waals surface area contributed by atoms with Gasteiger partial charge in [-0.25, -0.2) is 0 Å². The quantitative estimate of drug-likeness (QED) is 0.679. The second-order valence-electron chi connectivity index (χ2n) is 3.95. The maximum Gasteiger partial charge on any atom is 0.198 e. The highest BCUT2D eigenvalue weighted by Gasteiger charge is 2.19. The molecule has 0 N–H and O–H groups in total. The fourth-order valence-corrected chi connectivity index (χ4v) is 1.54. The highest BCUT2D eigenvalue weighted by Crippen LogP contribution is 2.18. The van der Waals surface area contributed by atoms with Crippen molar-refractivity contribution in [1.82, 2.24) is 14.7 Å². The Morgan fingerprint density at radius 2 is 2.25 bits per heavy atom. The van der Waals surface area contributed by atoms with E-state index in [1.165, 1.54) is 0 Å². The molecule has 0 aliphatic carbocycles. The van der Waals surface area contributed by atoms with E-state index < -0.39 is 0 Å². The predicted octanol–water partition coefficient (Wildman–Crippen LogP) is 1.05. The van der Waals surface area contributed by atoms with Crippen molar-refractivity contribution in [2.45, 2.75) is 19.9 Å². The van der Waals surface area contributed by atoms with Crippen molar-refractivity contribution < 1.29 is 9.53 Å². The van der Waals surface area contributed by atoms with Crippen LogP contribution in [0.5, 0.6) is 5.75 Å². The van der Waals surface area contributed by atoms with Crippen LogP contribution in [0.1, 0.15) is 23.8 Å². The van der Waals surface area contributed by atoms with Crippen molar-refractivity contribution in [3.8, 4) is 5.75 Å². The number of Topliss-reactive ketones (excluding diaryl/α,β-unsaturated/α-hetero) is 1. The molecular formula is C11H19N3O2. The monoisotopic (exact) mass is 225 g/mol. The normalized spacial score (nSPS) is 10.8. The Labute approximate surface area is 96.0 Å². The highest BCUT2D eigenvalue weighted by atomic mass is 16.5. The first-order chi connectivity index (χ1) is 7.60. The van der Waals surface area contributed by atoms with Crippen LogP contribution in [0, 0.1) is 0 Å². The lowest BCUT2D eigenvalue weighted by atomic mass is 10.2. The topological polar surface area (TPSA) is 47.4 Å². The molecule has 0 radical (unpaired) electrons. The van der Waals surface area contributed by atoms with Gasteiger partial charge in [0.1, 0.15) is 5.69 Å². The molecule has 5 nitrogen and oxygen atoms in total. The number of rotatable bonds is 6. The molecule has 0 unspecified atom stereocenters. The van der Waals surface area contributed by atoms with Crippen LogP contribution in [0.3, 0.4) is 0 Å². The van der Waals surface area contributed by atoms with E-state index in [0.29, 0.717) is 18.0 Å². The second kappa shape index (κ2) is 5.65. The van der Waals surface area contributed by atoms with Gasteiger partial charge in [0, 0.05) is 6.54 Å². The summed E-state index contributed by atoms with van der Waals surface area (Å²) in [6, 6.07) is 0. The zero-order chi connectivity index (χ0) is 12.1. The fourth-order valence-electron chi connectivity index (χ4n) is 1.54. The van der Waals surface area contributed by atoms with E-state index in [4.69, 9.17) is 4.74 Å². The zero-order valence-corrected chi connectivity index (χ0v) is 10.4. The van der Waals surface area contributed by atoms with Crippen molar-refractivity contribution in [2.75, 3.05) is 27.7 Å². The smallest absolute Gasteiger partial charge is 0.198 e. The largest absolute Gasteiger partial charge is 0.493 e. The first kappa shape index (κ1) is 12.7. The number of aromatic nitrogens is 2. The molecule has 0 fully saturated rings. The number of carbonyl (C=O) groups excluding carboxylic acids is 1. The molecule has 0 amide bonds. The van der Waals surface area contributed by atoms with Gasteiger partial charge in [-0.05, 0) is 20.5 Å². The maximum atomic E-state index is 12.0.